The Hall–Kier alpha value is -0.970. The third-order valence-corrected chi connectivity index (χ3v) is 4.70. The van der Waals surface area contributed by atoms with Crippen LogP contribution in [0.5, 0.6) is 0 Å². The van der Waals surface area contributed by atoms with E-state index in [9.17, 15) is 4.79 Å². The first-order chi connectivity index (χ1) is 10.2. The summed E-state index contributed by atoms with van der Waals surface area (Å²) in [6.07, 6.45) is 2.93. The molecular weight excluding hydrogens is 333 g/mol. The molecule has 1 saturated heterocycles. The lowest BCUT2D eigenvalue weighted by molar-refractivity contribution is -0.123. The number of para-hydroxylation sites is 2. The summed E-state index contributed by atoms with van der Waals surface area (Å²) < 4.78 is 0. The lowest BCUT2D eigenvalue weighted by Gasteiger charge is -2.32. The number of amides is 1. The number of carbonyl (C=O) groups excluding carboxylic acids is 1. The summed E-state index contributed by atoms with van der Waals surface area (Å²) in [4.78, 5) is 17.3. The molecule has 1 amide bonds. The van der Waals surface area contributed by atoms with Gasteiger partial charge < -0.3 is 15.1 Å². The number of hydrogen-bond acceptors (Lipinski definition) is 3. The average Bonchev–Trinajstić information content (AvgIpc) is 2.66. The topological polar surface area (TPSA) is 35.6 Å². The second kappa shape index (κ2) is 8.76. The minimum Gasteiger partial charge on any atom is -0.373 e. The first-order valence-corrected chi connectivity index (χ1v) is 8.01. The normalized spacial score (nSPS) is 23.9. The molecule has 0 aromatic heterocycles. The highest BCUT2D eigenvalue weighted by Crippen LogP contribution is 2.33. The van der Waals surface area contributed by atoms with Crippen molar-refractivity contribution < 1.29 is 4.79 Å². The maximum Gasteiger partial charge on any atom is 0.230 e. The van der Waals surface area contributed by atoms with Gasteiger partial charge in [-0.1, -0.05) is 12.1 Å². The van der Waals surface area contributed by atoms with E-state index in [4.69, 9.17) is 0 Å². The van der Waals surface area contributed by atoms with Crippen LogP contribution in [0.3, 0.4) is 0 Å². The lowest BCUT2D eigenvalue weighted by atomic mass is 9.91. The van der Waals surface area contributed by atoms with Crippen LogP contribution in [0, 0.1) is 5.92 Å². The molecule has 0 bridgehead atoms. The van der Waals surface area contributed by atoms with Crippen molar-refractivity contribution in [3.63, 3.8) is 0 Å². The van der Waals surface area contributed by atoms with Crippen LogP contribution < -0.4 is 15.1 Å². The molecule has 3 rings (SSSR count). The third-order valence-electron chi connectivity index (χ3n) is 4.70. The van der Waals surface area contributed by atoms with Crippen LogP contribution in [0.2, 0.25) is 0 Å². The van der Waals surface area contributed by atoms with E-state index in [1.54, 1.807) is 0 Å². The van der Waals surface area contributed by atoms with Crippen LogP contribution in [0.15, 0.2) is 24.3 Å². The maximum absolute atomic E-state index is 13.0. The zero-order valence-corrected chi connectivity index (χ0v) is 15.5. The largest absolute Gasteiger partial charge is 0.373 e. The summed E-state index contributed by atoms with van der Waals surface area (Å²) in [5.74, 6) is 0.476. The van der Waals surface area contributed by atoms with Gasteiger partial charge in [-0.2, -0.15) is 0 Å². The summed E-state index contributed by atoms with van der Waals surface area (Å²) >= 11 is 0. The van der Waals surface area contributed by atoms with Crippen molar-refractivity contribution in [1.29, 1.82) is 0 Å². The number of halogens is 2. The molecule has 6 heteroatoms. The number of nitrogens with one attached hydrogen (secondary N) is 1. The van der Waals surface area contributed by atoms with Gasteiger partial charge in [-0.05, 0) is 44.9 Å². The molecule has 1 N–H and O–H groups in total. The zero-order valence-electron chi connectivity index (χ0n) is 13.8. The van der Waals surface area contributed by atoms with Gasteiger partial charge >= 0.3 is 0 Å². The van der Waals surface area contributed by atoms with Gasteiger partial charge in [-0.3, -0.25) is 4.79 Å². The molecule has 0 aliphatic carbocycles. The molecule has 1 fully saturated rings. The Morgan fingerprint density at radius 2 is 1.87 bits per heavy atom. The summed E-state index contributed by atoms with van der Waals surface area (Å²) in [6, 6.07) is 8.72. The van der Waals surface area contributed by atoms with Crippen molar-refractivity contribution in [2.24, 2.45) is 5.92 Å². The number of piperidine rings is 1. The lowest BCUT2D eigenvalue weighted by Crippen LogP contribution is -2.44. The van der Waals surface area contributed by atoms with Crippen LogP contribution in [0.4, 0.5) is 11.4 Å². The molecule has 4 nitrogen and oxygen atoms in total. The van der Waals surface area contributed by atoms with Gasteiger partial charge in [0.1, 0.15) is 0 Å². The molecule has 2 atom stereocenters. The zero-order chi connectivity index (χ0) is 14.8. The van der Waals surface area contributed by atoms with Crippen molar-refractivity contribution in [3.05, 3.63) is 24.3 Å². The first-order valence-electron chi connectivity index (χ1n) is 8.01. The van der Waals surface area contributed by atoms with Gasteiger partial charge in [0.25, 0.3) is 0 Å². The molecule has 1 aromatic carbocycles. The summed E-state index contributed by atoms with van der Waals surface area (Å²) in [7, 11) is 2.11. The van der Waals surface area contributed by atoms with E-state index in [0.29, 0.717) is 11.9 Å². The summed E-state index contributed by atoms with van der Waals surface area (Å²) in [5.41, 5.74) is 2.25. The smallest absolute Gasteiger partial charge is 0.230 e. The molecule has 2 aliphatic heterocycles. The number of carbonyl (C=O) groups is 1. The number of rotatable bonds is 1. The van der Waals surface area contributed by atoms with E-state index >= 15 is 0 Å². The summed E-state index contributed by atoms with van der Waals surface area (Å²) in [5, 5.41) is 3.43. The second-order valence-electron chi connectivity index (χ2n) is 6.33. The highest BCUT2D eigenvalue weighted by molar-refractivity contribution is 5.98. The van der Waals surface area contributed by atoms with Crippen LogP contribution in [-0.2, 0) is 4.79 Å². The molecular formula is C17H27Cl2N3O. The van der Waals surface area contributed by atoms with Crippen LogP contribution in [0.25, 0.3) is 0 Å². The Bertz CT molecular complexity index is 526. The second-order valence-corrected chi connectivity index (χ2v) is 6.33. The Morgan fingerprint density at radius 3 is 2.57 bits per heavy atom. The van der Waals surface area contributed by atoms with E-state index in [1.165, 1.54) is 5.69 Å². The maximum atomic E-state index is 13.0. The van der Waals surface area contributed by atoms with Crippen molar-refractivity contribution in [3.8, 4) is 0 Å². The van der Waals surface area contributed by atoms with E-state index < -0.39 is 0 Å². The van der Waals surface area contributed by atoms with Gasteiger partial charge in [0, 0.05) is 32.1 Å². The molecule has 0 saturated carbocycles. The Balaban J connectivity index is 0.00000132. The van der Waals surface area contributed by atoms with Crippen LogP contribution >= 0.6 is 24.8 Å². The molecule has 0 unspecified atom stereocenters. The number of nitrogens with zero attached hydrogens (tertiary/aromatic N) is 2. The Morgan fingerprint density at radius 1 is 1.17 bits per heavy atom. The predicted molar refractivity (Wildman–Crippen MR) is 101 cm³/mol. The summed E-state index contributed by atoms with van der Waals surface area (Å²) in [6.45, 7) is 4.96. The highest BCUT2D eigenvalue weighted by atomic mass is 35.5. The molecule has 0 radical (unpaired) electrons. The number of benzene rings is 1. The Labute approximate surface area is 151 Å². The number of hydrogen-bond donors (Lipinski definition) is 1. The fraction of sp³-hybridized carbons (Fsp3) is 0.588. The molecule has 2 heterocycles. The van der Waals surface area contributed by atoms with Crippen molar-refractivity contribution in [1.82, 2.24) is 5.32 Å². The van der Waals surface area contributed by atoms with E-state index in [1.807, 2.05) is 11.0 Å². The molecule has 130 valence electrons. The quantitative estimate of drug-likeness (QED) is 0.836. The minimum absolute atomic E-state index is 0. The SMILES string of the molecule is C[C@H]1C[C@@H](C(=O)N2CCCN(C)c3ccccc32)CCN1.Cl.Cl. The van der Waals surface area contributed by atoms with Gasteiger partial charge in [0.05, 0.1) is 11.4 Å². The van der Waals surface area contributed by atoms with Crippen molar-refractivity contribution >= 4 is 42.1 Å². The van der Waals surface area contributed by atoms with Crippen LogP contribution in [0.1, 0.15) is 26.2 Å². The predicted octanol–water partition coefficient (Wildman–Crippen LogP) is 3.09. The number of fused-ring (bicyclic) bond motifs is 1. The first kappa shape index (κ1) is 20.1. The Kier molecular flexibility index (Phi) is 7.65. The highest BCUT2D eigenvalue weighted by Gasteiger charge is 2.31. The van der Waals surface area contributed by atoms with Gasteiger partial charge in [-0.15, -0.1) is 24.8 Å². The van der Waals surface area contributed by atoms with Gasteiger partial charge in [0.15, 0.2) is 0 Å². The van der Waals surface area contributed by atoms with E-state index in [-0.39, 0.29) is 30.7 Å². The molecule has 23 heavy (non-hydrogen) atoms. The standard InChI is InChI=1S/C17H25N3O.2ClH/c1-13-12-14(8-9-18-13)17(21)20-11-5-10-19(2)15-6-3-4-7-16(15)20;;/h3-4,6-7,13-14,18H,5,8-12H2,1-2H3;2*1H/t13-,14-;;/m0../s1. The number of anilines is 2. The van der Waals surface area contributed by atoms with Gasteiger partial charge in [0.2, 0.25) is 5.91 Å². The monoisotopic (exact) mass is 359 g/mol. The average molecular weight is 360 g/mol. The third kappa shape index (κ3) is 4.31. The molecule has 0 spiro atoms. The molecule has 1 aromatic rings. The van der Waals surface area contributed by atoms with Crippen LogP contribution in [-0.4, -0.2) is 38.6 Å². The van der Waals surface area contributed by atoms with E-state index in [0.717, 1.165) is 44.6 Å². The minimum atomic E-state index is 0. The van der Waals surface area contributed by atoms with E-state index in [2.05, 4.69) is 42.4 Å². The van der Waals surface area contributed by atoms with Gasteiger partial charge in [-0.25, -0.2) is 0 Å². The fourth-order valence-electron chi connectivity index (χ4n) is 3.53. The van der Waals surface area contributed by atoms with Crippen molar-refractivity contribution in [2.45, 2.75) is 32.2 Å². The fourth-order valence-corrected chi connectivity index (χ4v) is 3.53. The van der Waals surface area contributed by atoms with Crippen molar-refractivity contribution in [2.75, 3.05) is 36.5 Å². The molecule has 2 aliphatic rings.